The molecule has 1 aromatic heterocycles. The highest BCUT2D eigenvalue weighted by atomic mass is 35.5. The van der Waals surface area contributed by atoms with Crippen molar-refractivity contribution >= 4 is 40.2 Å². The van der Waals surface area contributed by atoms with Crippen molar-refractivity contribution in [3.05, 3.63) is 51.2 Å². The first-order chi connectivity index (χ1) is 8.72. The van der Waals surface area contributed by atoms with Gasteiger partial charge in [0.05, 0.1) is 10.7 Å². The minimum atomic E-state index is 0.485. The molecule has 0 amide bonds. The Hall–Kier alpha value is -0.700. The first-order valence-electron chi connectivity index (χ1n) is 5.79. The van der Waals surface area contributed by atoms with Gasteiger partial charge in [0.15, 0.2) is 0 Å². The van der Waals surface area contributed by atoms with Crippen LogP contribution in [0.25, 0.3) is 0 Å². The summed E-state index contributed by atoms with van der Waals surface area (Å²) in [7, 11) is 2.06. The van der Waals surface area contributed by atoms with Crippen molar-refractivity contribution in [2.75, 3.05) is 18.5 Å². The van der Waals surface area contributed by atoms with Crippen molar-refractivity contribution in [3.63, 3.8) is 0 Å². The number of anilines is 1. The van der Waals surface area contributed by atoms with Gasteiger partial charge in [-0.1, -0.05) is 29.8 Å². The van der Waals surface area contributed by atoms with Gasteiger partial charge in [0.1, 0.15) is 0 Å². The zero-order valence-corrected chi connectivity index (χ0v) is 12.5. The quantitative estimate of drug-likeness (QED) is 0.716. The molecule has 0 saturated heterocycles. The second-order valence-corrected chi connectivity index (χ2v) is 5.84. The van der Waals surface area contributed by atoms with E-state index in [1.54, 1.807) is 11.3 Å². The van der Waals surface area contributed by atoms with E-state index in [4.69, 9.17) is 23.2 Å². The van der Waals surface area contributed by atoms with Crippen molar-refractivity contribution in [1.82, 2.24) is 0 Å². The van der Waals surface area contributed by atoms with E-state index in [1.165, 1.54) is 4.88 Å². The van der Waals surface area contributed by atoms with Gasteiger partial charge in [-0.25, -0.2) is 0 Å². The molecule has 4 heteroatoms. The maximum Gasteiger partial charge on any atom is 0.0642 e. The number of para-hydroxylation sites is 1. The Morgan fingerprint density at radius 3 is 2.72 bits per heavy atom. The smallest absolute Gasteiger partial charge is 0.0642 e. The van der Waals surface area contributed by atoms with E-state index in [0.717, 1.165) is 29.2 Å². The highest BCUT2D eigenvalue weighted by molar-refractivity contribution is 7.09. The molecule has 0 N–H and O–H groups in total. The summed E-state index contributed by atoms with van der Waals surface area (Å²) in [5.74, 6) is 0.485. The molecule has 0 fully saturated rings. The summed E-state index contributed by atoms with van der Waals surface area (Å²) in [5.41, 5.74) is 2.13. The number of likely N-dealkylation sites (N-methyl/N-ethyl adjacent to an activating group) is 1. The molecule has 1 nitrogen and oxygen atoms in total. The van der Waals surface area contributed by atoms with E-state index in [-0.39, 0.29) is 0 Å². The molecule has 0 spiro atoms. The van der Waals surface area contributed by atoms with Crippen molar-refractivity contribution in [2.45, 2.75) is 12.3 Å². The lowest BCUT2D eigenvalue weighted by Crippen LogP contribution is -2.21. The molecule has 2 rings (SSSR count). The molecule has 0 unspecified atom stereocenters. The average Bonchev–Trinajstić information content (AvgIpc) is 2.88. The summed E-state index contributed by atoms with van der Waals surface area (Å²) in [4.78, 5) is 3.57. The maximum absolute atomic E-state index is 6.27. The van der Waals surface area contributed by atoms with Crippen molar-refractivity contribution < 1.29 is 0 Å². The molecule has 0 saturated carbocycles. The Kier molecular flexibility index (Phi) is 4.93. The van der Waals surface area contributed by atoms with Gasteiger partial charge in [-0.3, -0.25) is 0 Å². The van der Waals surface area contributed by atoms with Gasteiger partial charge in [0, 0.05) is 24.3 Å². The number of nitrogens with zero attached hydrogens (tertiary/aromatic N) is 1. The van der Waals surface area contributed by atoms with E-state index in [2.05, 4.69) is 29.5 Å². The third kappa shape index (κ3) is 3.19. The van der Waals surface area contributed by atoms with Crippen LogP contribution in [0.3, 0.4) is 0 Å². The zero-order valence-electron chi connectivity index (χ0n) is 10.2. The Labute approximate surface area is 122 Å². The molecular weight excluding hydrogens is 285 g/mol. The Bertz CT molecular complexity index is 497. The fourth-order valence-corrected chi connectivity index (χ4v) is 3.19. The molecule has 96 valence electrons. The summed E-state index contributed by atoms with van der Waals surface area (Å²) >= 11 is 14.0. The first kappa shape index (κ1) is 13.7. The number of rotatable bonds is 5. The largest absolute Gasteiger partial charge is 0.373 e. The average molecular weight is 300 g/mol. The number of hydrogen-bond donors (Lipinski definition) is 0. The number of halogens is 2. The monoisotopic (exact) mass is 299 g/mol. The lowest BCUT2D eigenvalue weighted by Gasteiger charge is -2.23. The fraction of sp³-hybridized carbons (Fsp3) is 0.286. The Morgan fingerprint density at radius 2 is 2.06 bits per heavy atom. The highest BCUT2D eigenvalue weighted by Gasteiger charge is 2.11. The molecule has 0 aliphatic rings. The number of thiophene rings is 1. The Morgan fingerprint density at radius 1 is 1.22 bits per heavy atom. The van der Waals surface area contributed by atoms with Crippen molar-refractivity contribution in [2.24, 2.45) is 0 Å². The van der Waals surface area contributed by atoms with Gasteiger partial charge >= 0.3 is 0 Å². The third-order valence-corrected chi connectivity index (χ3v) is 4.40. The van der Waals surface area contributed by atoms with Crippen LogP contribution in [-0.4, -0.2) is 13.6 Å². The first-order valence-corrected chi connectivity index (χ1v) is 7.58. The summed E-state index contributed by atoms with van der Waals surface area (Å²) < 4.78 is 0. The van der Waals surface area contributed by atoms with Crippen molar-refractivity contribution in [1.29, 1.82) is 0 Å². The number of benzene rings is 1. The van der Waals surface area contributed by atoms with Gasteiger partial charge in [-0.05, 0) is 29.5 Å². The lowest BCUT2D eigenvalue weighted by atomic mass is 10.1. The van der Waals surface area contributed by atoms with E-state index < -0.39 is 0 Å². The van der Waals surface area contributed by atoms with Crippen LogP contribution in [0.15, 0.2) is 35.7 Å². The fourth-order valence-electron chi connectivity index (χ4n) is 1.94. The van der Waals surface area contributed by atoms with Crippen LogP contribution < -0.4 is 4.90 Å². The van der Waals surface area contributed by atoms with Crippen LogP contribution in [0.1, 0.15) is 10.4 Å². The SMILES string of the molecule is CN(CCc1cccs1)c1c(Cl)cccc1CCl. The molecule has 0 aliphatic carbocycles. The molecule has 0 atom stereocenters. The van der Waals surface area contributed by atoms with Gasteiger partial charge in [-0.2, -0.15) is 0 Å². The standard InChI is InChI=1S/C14H15Cl2NS/c1-17(8-7-12-5-3-9-18-12)14-11(10-15)4-2-6-13(14)16/h2-6,9H,7-8,10H2,1H3. The van der Waals surface area contributed by atoms with Crippen LogP contribution in [0.4, 0.5) is 5.69 Å². The molecular formula is C14H15Cl2NS. The van der Waals surface area contributed by atoms with Gasteiger partial charge in [-0.15, -0.1) is 22.9 Å². The Balaban J connectivity index is 2.10. The topological polar surface area (TPSA) is 3.24 Å². The van der Waals surface area contributed by atoms with Gasteiger partial charge in [0.25, 0.3) is 0 Å². The van der Waals surface area contributed by atoms with Gasteiger partial charge in [0.2, 0.25) is 0 Å². The summed E-state index contributed by atoms with van der Waals surface area (Å²) in [6.45, 7) is 0.939. The molecule has 0 radical (unpaired) electrons. The van der Waals surface area contributed by atoms with Crippen molar-refractivity contribution in [3.8, 4) is 0 Å². The van der Waals surface area contributed by atoms with Crippen LogP contribution in [0.5, 0.6) is 0 Å². The van der Waals surface area contributed by atoms with E-state index in [1.807, 2.05) is 18.2 Å². The molecule has 18 heavy (non-hydrogen) atoms. The predicted octanol–water partition coefficient (Wildman–Crippen LogP) is 4.82. The third-order valence-electron chi connectivity index (χ3n) is 2.87. The minimum Gasteiger partial charge on any atom is -0.373 e. The molecule has 0 aliphatic heterocycles. The summed E-state index contributed by atoms with van der Waals surface area (Å²) in [5, 5.41) is 2.87. The molecule has 2 aromatic rings. The van der Waals surface area contributed by atoms with Crippen LogP contribution in [0, 0.1) is 0 Å². The maximum atomic E-state index is 6.27. The molecule has 1 heterocycles. The molecule has 0 bridgehead atoms. The normalized spacial score (nSPS) is 10.6. The highest BCUT2D eigenvalue weighted by Crippen LogP contribution is 2.30. The van der Waals surface area contributed by atoms with Crippen LogP contribution >= 0.6 is 34.5 Å². The number of alkyl halides is 1. The van der Waals surface area contributed by atoms with E-state index in [0.29, 0.717) is 5.88 Å². The van der Waals surface area contributed by atoms with E-state index >= 15 is 0 Å². The minimum absolute atomic E-state index is 0.485. The van der Waals surface area contributed by atoms with Gasteiger partial charge < -0.3 is 4.90 Å². The zero-order chi connectivity index (χ0) is 13.0. The van der Waals surface area contributed by atoms with Crippen LogP contribution in [-0.2, 0) is 12.3 Å². The van der Waals surface area contributed by atoms with E-state index in [9.17, 15) is 0 Å². The summed E-state index contributed by atoms with van der Waals surface area (Å²) in [6, 6.07) is 10.1. The second-order valence-electron chi connectivity index (χ2n) is 4.13. The number of hydrogen-bond acceptors (Lipinski definition) is 2. The predicted molar refractivity (Wildman–Crippen MR) is 82.3 cm³/mol. The second kappa shape index (κ2) is 6.46. The lowest BCUT2D eigenvalue weighted by molar-refractivity contribution is 0.882. The molecule has 1 aromatic carbocycles. The van der Waals surface area contributed by atoms with Crippen LogP contribution in [0.2, 0.25) is 5.02 Å². The summed E-state index contributed by atoms with van der Waals surface area (Å²) in [6.07, 6.45) is 1.03.